The first kappa shape index (κ1) is 44.2. The highest BCUT2D eigenvalue weighted by atomic mass is 16.6. The van der Waals surface area contributed by atoms with Crippen molar-refractivity contribution < 1.29 is 102 Å². The van der Waals surface area contributed by atoms with Gasteiger partial charge in [-0.3, -0.25) is 28.8 Å². The second-order valence-corrected chi connectivity index (χ2v) is 14.3. The standard InChI is InChI=1S/C21H21N3O12.C14H18N2O9/c25-16(22-1-7-4-34-7)10-11(17(26)23-2-8-5-35-8)13(19(28)29)15(21(32)33)14(20(30)31)12(10)18(27)24-3-9-6-36-9;17-11(15-1-5-3-23-5)7-8(13(19)20)10(14(21)22)25-9(7)12(18)16-2-6-4-24-6/h7-9H,1-6H2,(H,22,25)(H,23,26)(H,24,27)(H,28,29)(H,30,31)(H,32,33);5-10H,1-4H2,(H,15,17)(H,16,18)(H,19,20)(H,21,22). The fourth-order valence-electron chi connectivity index (χ4n) is 6.26. The highest BCUT2D eigenvalue weighted by Crippen LogP contribution is 2.35. The zero-order valence-corrected chi connectivity index (χ0v) is 31.5. The van der Waals surface area contributed by atoms with Crippen LogP contribution in [0.1, 0.15) is 62.1 Å². The first-order chi connectivity index (χ1) is 29.0. The predicted molar refractivity (Wildman–Crippen MR) is 190 cm³/mol. The maximum Gasteiger partial charge on any atom is 0.337 e. The van der Waals surface area contributed by atoms with Gasteiger partial charge in [0.25, 0.3) is 17.7 Å². The molecule has 6 heterocycles. The molecule has 1 aromatic rings. The third-order valence-corrected chi connectivity index (χ3v) is 9.74. The van der Waals surface area contributed by atoms with Gasteiger partial charge in [0, 0.05) is 32.7 Å². The number of aromatic carboxylic acids is 3. The second-order valence-electron chi connectivity index (χ2n) is 14.3. The van der Waals surface area contributed by atoms with Crippen LogP contribution in [0.3, 0.4) is 0 Å². The monoisotopic (exact) mass is 865 g/mol. The fraction of sp³-hybridized carbons (Fsp3) is 0.543. The van der Waals surface area contributed by atoms with E-state index in [1.807, 2.05) is 0 Å². The average Bonchev–Trinajstić information content (AvgIpc) is 4.01. The highest BCUT2D eigenvalue weighted by molar-refractivity contribution is 6.25. The Labute approximate surface area is 341 Å². The van der Waals surface area contributed by atoms with Crippen molar-refractivity contribution in [3.63, 3.8) is 0 Å². The molecule has 0 aliphatic carbocycles. The molecule has 0 aromatic heterocycles. The molecule has 61 heavy (non-hydrogen) atoms. The van der Waals surface area contributed by atoms with E-state index in [1.54, 1.807) is 0 Å². The lowest BCUT2D eigenvalue weighted by atomic mass is 9.84. The molecule has 9 atom stereocenters. The lowest BCUT2D eigenvalue weighted by Crippen LogP contribution is -2.48. The summed E-state index contributed by atoms with van der Waals surface area (Å²) in [5.74, 6) is -17.3. The smallest absolute Gasteiger partial charge is 0.337 e. The van der Waals surface area contributed by atoms with Crippen molar-refractivity contribution in [2.75, 3.05) is 65.8 Å². The molecule has 0 bridgehead atoms. The van der Waals surface area contributed by atoms with Crippen molar-refractivity contribution in [2.45, 2.75) is 42.7 Å². The summed E-state index contributed by atoms with van der Waals surface area (Å²) in [6.07, 6.45) is -4.69. The van der Waals surface area contributed by atoms with Crippen molar-refractivity contribution in [1.29, 1.82) is 0 Å². The van der Waals surface area contributed by atoms with Gasteiger partial charge in [-0.2, -0.15) is 0 Å². The molecule has 6 saturated heterocycles. The molecule has 26 heteroatoms. The van der Waals surface area contributed by atoms with Gasteiger partial charge < -0.3 is 80.5 Å². The molecule has 7 rings (SSSR count). The summed E-state index contributed by atoms with van der Waals surface area (Å²) in [7, 11) is 0. The highest BCUT2D eigenvalue weighted by Gasteiger charge is 2.57. The number of hydrogen-bond acceptors (Lipinski definition) is 16. The molecular weight excluding hydrogens is 826 g/mol. The minimum absolute atomic E-state index is 0.0850. The van der Waals surface area contributed by atoms with E-state index in [0.29, 0.717) is 33.0 Å². The van der Waals surface area contributed by atoms with Crippen molar-refractivity contribution in [3.8, 4) is 0 Å². The molecular formula is C35H39N5O21. The maximum atomic E-state index is 13.2. The number of carboxylic acids is 5. The molecule has 0 spiro atoms. The van der Waals surface area contributed by atoms with Crippen molar-refractivity contribution >= 4 is 59.4 Å². The summed E-state index contributed by atoms with van der Waals surface area (Å²) in [6, 6.07) is 0. The van der Waals surface area contributed by atoms with Gasteiger partial charge in [-0.15, -0.1) is 0 Å². The lowest BCUT2D eigenvalue weighted by Gasteiger charge is -2.21. The van der Waals surface area contributed by atoms with Gasteiger partial charge in [0.15, 0.2) is 6.10 Å². The van der Waals surface area contributed by atoms with Crippen LogP contribution in [0.2, 0.25) is 0 Å². The van der Waals surface area contributed by atoms with Gasteiger partial charge in [-0.1, -0.05) is 0 Å². The predicted octanol–water partition coefficient (Wildman–Crippen LogP) is -4.65. The van der Waals surface area contributed by atoms with Crippen LogP contribution in [0.4, 0.5) is 0 Å². The fourth-order valence-corrected chi connectivity index (χ4v) is 6.26. The number of rotatable bonds is 20. The van der Waals surface area contributed by atoms with Gasteiger partial charge in [-0.05, 0) is 0 Å². The largest absolute Gasteiger partial charge is 0.481 e. The summed E-state index contributed by atoms with van der Waals surface area (Å²) < 4.78 is 30.0. The Hall–Kier alpha value is -6.32. The van der Waals surface area contributed by atoms with Crippen molar-refractivity contribution in [3.05, 3.63) is 33.4 Å². The number of amides is 5. The summed E-state index contributed by atoms with van der Waals surface area (Å²) >= 11 is 0. The van der Waals surface area contributed by atoms with Crippen molar-refractivity contribution in [1.82, 2.24) is 26.6 Å². The van der Waals surface area contributed by atoms with Gasteiger partial charge in [0.2, 0.25) is 11.8 Å². The molecule has 6 aliphatic heterocycles. The molecule has 0 radical (unpaired) electrons. The molecule has 6 fully saturated rings. The van der Waals surface area contributed by atoms with Gasteiger partial charge >= 0.3 is 29.8 Å². The Morgan fingerprint density at radius 3 is 0.984 bits per heavy atom. The Morgan fingerprint density at radius 1 is 0.393 bits per heavy atom. The van der Waals surface area contributed by atoms with E-state index >= 15 is 0 Å². The van der Waals surface area contributed by atoms with Crippen LogP contribution < -0.4 is 26.6 Å². The number of nitrogens with one attached hydrogen (secondary N) is 5. The number of carbonyl (C=O) groups excluding carboxylic acids is 5. The van der Waals surface area contributed by atoms with Crippen LogP contribution in [0.5, 0.6) is 0 Å². The average molecular weight is 866 g/mol. The number of benzene rings is 1. The number of hydrogen-bond donors (Lipinski definition) is 10. The van der Waals surface area contributed by atoms with Crippen molar-refractivity contribution in [2.24, 2.45) is 11.8 Å². The molecule has 9 unspecified atom stereocenters. The minimum Gasteiger partial charge on any atom is -0.481 e. The Morgan fingerprint density at radius 2 is 0.689 bits per heavy atom. The lowest BCUT2D eigenvalue weighted by molar-refractivity contribution is -0.159. The summed E-state index contributed by atoms with van der Waals surface area (Å²) in [5.41, 5.74) is -6.63. The van der Waals surface area contributed by atoms with E-state index < -0.39 is 117 Å². The molecule has 10 N–H and O–H groups in total. The normalized spacial score (nSPS) is 27.1. The van der Waals surface area contributed by atoms with E-state index in [0.717, 1.165) is 0 Å². The third kappa shape index (κ3) is 11.1. The number of aliphatic carboxylic acids is 2. The van der Waals surface area contributed by atoms with Crippen LogP contribution in [0, 0.1) is 11.8 Å². The Balaban J connectivity index is 0.000000218. The number of carboxylic acid groups (broad SMARTS) is 5. The molecule has 26 nitrogen and oxygen atoms in total. The van der Waals surface area contributed by atoms with E-state index in [9.17, 15) is 73.5 Å². The van der Waals surface area contributed by atoms with E-state index in [2.05, 4.69) is 26.6 Å². The van der Waals surface area contributed by atoms with Crippen LogP contribution in [0.15, 0.2) is 0 Å². The minimum atomic E-state index is -2.03. The summed E-state index contributed by atoms with van der Waals surface area (Å²) in [6.45, 7) is 1.98. The van der Waals surface area contributed by atoms with Crippen LogP contribution >= 0.6 is 0 Å². The molecule has 0 saturated carbocycles. The van der Waals surface area contributed by atoms with E-state index in [1.165, 1.54) is 0 Å². The molecule has 1 aromatic carbocycles. The van der Waals surface area contributed by atoms with Gasteiger partial charge in [-0.25, -0.2) is 19.2 Å². The molecule has 6 aliphatic rings. The Kier molecular flexibility index (Phi) is 13.4. The van der Waals surface area contributed by atoms with Gasteiger partial charge in [0.05, 0.1) is 103 Å². The SMILES string of the molecule is O=C(O)C1OC(C(=O)NCC2CO2)C(C(=O)NCC2CO2)C1C(=O)O.O=C(O)c1c(C(=O)O)c(C(=O)NCC2CO2)c(C(=O)NCC2CO2)c(C(=O)NCC2CO2)c1C(=O)O. The zero-order chi connectivity index (χ0) is 44.3. The van der Waals surface area contributed by atoms with Gasteiger partial charge in [0.1, 0.15) is 12.0 Å². The maximum absolute atomic E-state index is 13.2. The quantitative estimate of drug-likeness (QED) is 0.0551. The number of carbonyl (C=O) groups is 10. The van der Waals surface area contributed by atoms with E-state index in [-0.39, 0.29) is 63.2 Å². The summed E-state index contributed by atoms with van der Waals surface area (Å²) in [4.78, 5) is 124. The Bertz CT molecular complexity index is 1950. The first-order valence-electron chi connectivity index (χ1n) is 18.5. The third-order valence-electron chi connectivity index (χ3n) is 9.74. The number of ether oxygens (including phenoxy) is 6. The summed E-state index contributed by atoms with van der Waals surface area (Å²) in [5, 5.41) is 60.1. The topological polar surface area (TPSA) is 404 Å². The first-order valence-corrected chi connectivity index (χ1v) is 18.5. The van der Waals surface area contributed by atoms with E-state index in [4.69, 9.17) is 28.4 Å². The zero-order valence-electron chi connectivity index (χ0n) is 31.5. The number of epoxide rings is 5. The second kappa shape index (κ2) is 18.5. The molecule has 5 amide bonds. The molecule has 330 valence electrons. The van der Waals surface area contributed by atoms with Crippen LogP contribution in [-0.2, 0) is 47.6 Å². The van der Waals surface area contributed by atoms with Crippen LogP contribution in [0.25, 0.3) is 0 Å². The van der Waals surface area contributed by atoms with Crippen LogP contribution in [-0.4, -0.2) is 193 Å².